The third-order valence-corrected chi connectivity index (χ3v) is 6.04. The normalized spacial score (nSPS) is 17.8. The van der Waals surface area contributed by atoms with Crippen LogP contribution >= 0.6 is 0 Å². The lowest BCUT2D eigenvalue weighted by Crippen LogP contribution is -2.52. The van der Waals surface area contributed by atoms with E-state index in [1.807, 2.05) is 0 Å². The zero-order valence-corrected chi connectivity index (χ0v) is 18.1. The number of furan rings is 1. The second-order valence-electron chi connectivity index (χ2n) is 8.33. The summed E-state index contributed by atoms with van der Waals surface area (Å²) >= 11 is 0. The third kappa shape index (κ3) is 4.37. The van der Waals surface area contributed by atoms with E-state index >= 15 is 0 Å². The summed E-state index contributed by atoms with van der Waals surface area (Å²) in [4.78, 5) is 51.6. The first-order valence-electron chi connectivity index (χ1n) is 10.8. The molecule has 1 aromatic carbocycles. The van der Waals surface area contributed by atoms with E-state index in [1.165, 1.54) is 31.4 Å². The highest BCUT2D eigenvalue weighted by Gasteiger charge is 2.38. The Hall–Kier alpha value is -3.93. The molecule has 33 heavy (non-hydrogen) atoms. The topological polar surface area (TPSA) is 130 Å². The molecule has 1 atom stereocenters. The summed E-state index contributed by atoms with van der Waals surface area (Å²) in [7, 11) is 0. The first-order chi connectivity index (χ1) is 15.8. The van der Waals surface area contributed by atoms with Crippen LogP contribution in [-0.4, -0.2) is 40.2 Å². The maximum atomic E-state index is 12.7. The molecule has 1 aromatic heterocycles. The quantitative estimate of drug-likeness (QED) is 0.530. The summed E-state index contributed by atoms with van der Waals surface area (Å²) in [5, 5.41) is 12.3. The van der Waals surface area contributed by atoms with Gasteiger partial charge in [-0.05, 0) is 50.1 Å². The minimum Gasteiger partial charge on any atom is -0.467 e. The minimum atomic E-state index is -1.13. The summed E-state index contributed by atoms with van der Waals surface area (Å²) in [5.74, 6) is -1.92. The van der Waals surface area contributed by atoms with Crippen molar-refractivity contribution in [2.45, 2.75) is 57.2 Å². The van der Waals surface area contributed by atoms with Gasteiger partial charge in [0, 0.05) is 0 Å². The molecule has 1 fully saturated rings. The van der Waals surface area contributed by atoms with Crippen molar-refractivity contribution in [3.63, 3.8) is 0 Å². The van der Waals surface area contributed by atoms with Gasteiger partial charge < -0.3 is 14.5 Å². The summed E-state index contributed by atoms with van der Waals surface area (Å²) in [6, 6.07) is 9.57. The number of imide groups is 1. The number of hydrogen-bond donors (Lipinski definition) is 1. The van der Waals surface area contributed by atoms with Gasteiger partial charge in [-0.15, -0.1) is 0 Å². The Morgan fingerprint density at radius 1 is 1.18 bits per heavy atom. The Morgan fingerprint density at radius 2 is 1.91 bits per heavy atom. The lowest BCUT2D eigenvalue weighted by molar-refractivity contribution is -0.130. The average molecular weight is 449 g/mol. The van der Waals surface area contributed by atoms with E-state index < -0.39 is 35.3 Å². The predicted octanol–water partition coefficient (Wildman–Crippen LogP) is 2.96. The fourth-order valence-electron chi connectivity index (χ4n) is 4.16. The zero-order chi connectivity index (χ0) is 23.6. The van der Waals surface area contributed by atoms with Crippen LogP contribution in [0, 0.1) is 11.3 Å². The second kappa shape index (κ2) is 8.90. The number of nitrogens with one attached hydrogen (secondary N) is 1. The molecule has 9 heteroatoms. The Bertz CT molecular complexity index is 1140. The third-order valence-electron chi connectivity index (χ3n) is 6.04. The van der Waals surface area contributed by atoms with Gasteiger partial charge in [0.1, 0.15) is 11.3 Å². The molecule has 170 valence electrons. The molecule has 3 amide bonds. The molecule has 1 aliphatic heterocycles. The van der Waals surface area contributed by atoms with Crippen molar-refractivity contribution >= 4 is 23.7 Å². The van der Waals surface area contributed by atoms with Gasteiger partial charge in [0.25, 0.3) is 17.7 Å². The molecule has 9 nitrogen and oxygen atoms in total. The van der Waals surface area contributed by atoms with Gasteiger partial charge in [-0.1, -0.05) is 19.3 Å². The van der Waals surface area contributed by atoms with E-state index in [9.17, 15) is 24.4 Å². The fourth-order valence-corrected chi connectivity index (χ4v) is 4.16. The molecule has 1 aliphatic carbocycles. The van der Waals surface area contributed by atoms with E-state index in [0.29, 0.717) is 18.6 Å². The van der Waals surface area contributed by atoms with Crippen molar-refractivity contribution in [2.75, 3.05) is 0 Å². The van der Waals surface area contributed by atoms with Crippen LogP contribution in [0.4, 0.5) is 0 Å². The zero-order valence-electron chi connectivity index (χ0n) is 18.1. The van der Waals surface area contributed by atoms with Gasteiger partial charge in [-0.2, -0.15) is 5.26 Å². The molecule has 2 aromatic rings. The molecular weight excluding hydrogens is 426 g/mol. The maximum Gasteiger partial charge on any atom is 0.338 e. The standard InChI is InChI=1S/C24H23N3O6/c1-15(20(28)26-24(14-25)9-3-2-4-10-24)33-23(31)16-7-8-18-19(12-16)22(30)27(21(18)29)13-17-6-5-11-32-17/h5-8,11-12,15H,2-4,9-10,13H2,1H3,(H,26,28)/t15-/m0/s1. The van der Waals surface area contributed by atoms with Crippen molar-refractivity contribution in [1.82, 2.24) is 10.2 Å². The highest BCUT2D eigenvalue weighted by Crippen LogP contribution is 2.28. The number of rotatable bonds is 6. The highest BCUT2D eigenvalue weighted by molar-refractivity contribution is 6.21. The van der Waals surface area contributed by atoms with E-state index in [0.717, 1.165) is 24.2 Å². The Labute approximate surface area is 190 Å². The summed E-state index contributed by atoms with van der Waals surface area (Å²) in [6.45, 7) is 1.41. The van der Waals surface area contributed by atoms with Crippen LogP contribution in [0.25, 0.3) is 0 Å². The number of carbonyl (C=O) groups excluding carboxylic acids is 4. The van der Waals surface area contributed by atoms with Crippen LogP contribution in [-0.2, 0) is 16.1 Å². The number of esters is 1. The molecule has 0 unspecified atom stereocenters. The molecule has 1 N–H and O–H groups in total. The van der Waals surface area contributed by atoms with Gasteiger partial charge in [0.2, 0.25) is 0 Å². The van der Waals surface area contributed by atoms with Crippen molar-refractivity contribution < 1.29 is 28.3 Å². The van der Waals surface area contributed by atoms with Crippen LogP contribution in [0.2, 0.25) is 0 Å². The number of fused-ring (bicyclic) bond motifs is 1. The monoisotopic (exact) mass is 449 g/mol. The predicted molar refractivity (Wildman–Crippen MR) is 114 cm³/mol. The SMILES string of the molecule is C[C@H](OC(=O)c1ccc2c(c1)C(=O)N(Cc1ccco1)C2=O)C(=O)NC1(C#N)CCCCC1. The summed E-state index contributed by atoms with van der Waals surface area (Å²) < 4.78 is 10.5. The van der Waals surface area contributed by atoms with E-state index in [-0.39, 0.29) is 23.2 Å². The Kier molecular flexibility index (Phi) is 6.01. The summed E-state index contributed by atoms with van der Waals surface area (Å²) in [6.07, 6.45) is 4.15. The van der Waals surface area contributed by atoms with Crippen LogP contribution in [0.3, 0.4) is 0 Å². The number of nitriles is 1. The van der Waals surface area contributed by atoms with Crippen molar-refractivity contribution in [2.24, 2.45) is 0 Å². The molecule has 0 saturated heterocycles. The molecule has 0 spiro atoms. The van der Waals surface area contributed by atoms with Gasteiger partial charge in [0.15, 0.2) is 6.10 Å². The number of nitrogens with zero attached hydrogens (tertiary/aromatic N) is 2. The number of ether oxygens (including phenoxy) is 1. The van der Waals surface area contributed by atoms with Crippen LogP contribution < -0.4 is 5.32 Å². The van der Waals surface area contributed by atoms with Crippen molar-refractivity contribution in [3.8, 4) is 6.07 Å². The van der Waals surface area contributed by atoms with E-state index in [4.69, 9.17) is 9.15 Å². The first-order valence-corrected chi connectivity index (χ1v) is 10.8. The molecule has 0 bridgehead atoms. The highest BCUT2D eigenvalue weighted by atomic mass is 16.5. The van der Waals surface area contributed by atoms with Crippen LogP contribution in [0.15, 0.2) is 41.0 Å². The molecule has 4 rings (SSSR count). The Balaban J connectivity index is 1.43. The van der Waals surface area contributed by atoms with Gasteiger partial charge in [0.05, 0.1) is 35.6 Å². The molecule has 0 radical (unpaired) electrons. The lowest BCUT2D eigenvalue weighted by Gasteiger charge is -2.32. The van der Waals surface area contributed by atoms with Crippen molar-refractivity contribution in [1.29, 1.82) is 5.26 Å². The van der Waals surface area contributed by atoms with Crippen LogP contribution in [0.5, 0.6) is 0 Å². The number of hydrogen-bond acceptors (Lipinski definition) is 7. The smallest absolute Gasteiger partial charge is 0.338 e. The lowest BCUT2D eigenvalue weighted by atomic mass is 9.83. The van der Waals surface area contributed by atoms with Crippen molar-refractivity contribution in [3.05, 3.63) is 59.0 Å². The molecule has 1 saturated carbocycles. The van der Waals surface area contributed by atoms with Gasteiger partial charge >= 0.3 is 5.97 Å². The number of carbonyl (C=O) groups is 4. The van der Waals surface area contributed by atoms with Gasteiger partial charge in [-0.25, -0.2) is 4.79 Å². The number of benzene rings is 1. The van der Waals surface area contributed by atoms with E-state index in [1.54, 1.807) is 12.1 Å². The molecule has 2 aliphatic rings. The first kappa shape index (κ1) is 22.3. The van der Waals surface area contributed by atoms with E-state index in [2.05, 4.69) is 11.4 Å². The summed E-state index contributed by atoms with van der Waals surface area (Å²) in [5.41, 5.74) is -0.624. The maximum absolute atomic E-state index is 12.7. The largest absolute Gasteiger partial charge is 0.467 e. The second-order valence-corrected chi connectivity index (χ2v) is 8.33. The Morgan fingerprint density at radius 3 is 2.58 bits per heavy atom. The van der Waals surface area contributed by atoms with Gasteiger partial charge in [-0.3, -0.25) is 19.3 Å². The van der Waals surface area contributed by atoms with Crippen LogP contribution in [0.1, 0.15) is 75.9 Å². The average Bonchev–Trinajstić information content (AvgIpc) is 3.42. The fraction of sp³-hybridized carbons (Fsp3) is 0.375. The minimum absolute atomic E-state index is 0.0169. The number of amides is 3. The molecular formula is C24H23N3O6. The molecule has 2 heterocycles.